The predicted molar refractivity (Wildman–Crippen MR) is 89.0 cm³/mol. The second-order valence-corrected chi connectivity index (χ2v) is 6.73. The molecule has 7 heteroatoms. The predicted octanol–water partition coefficient (Wildman–Crippen LogP) is 1.42. The number of thiol groups is 1. The molecule has 0 aliphatic carbocycles. The molecule has 0 heterocycles. The van der Waals surface area contributed by atoms with Crippen LogP contribution in [0.15, 0.2) is 59.5 Å². The lowest BCUT2D eigenvalue weighted by atomic mass is 10.1. The number of amides is 1. The first kappa shape index (κ1) is 16.5. The Morgan fingerprint density at radius 2 is 1.59 bits per heavy atom. The summed E-state index contributed by atoms with van der Waals surface area (Å²) in [6.45, 7) is 0. The van der Waals surface area contributed by atoms with Crippen molar-refractivity contribution in [2.45, 2.75) is 10.9 Å². The van der Waals surface area contributed by atoms with Crippen LogP contribution < -0.4 is 10.5 Å². The van der Waals surface area contributed by atoms with E-state index >= 15 is 0 Å². The maximum absolute atomic E-state index is 12.2. The Bertz CT molecular complexity index is 744. The van der Waals surface area contributed by atoms with Gasteiger partial charge in [-0.1, -0.05) is 42.5 Å². The van der Waals surface area contributed by atoms with Crippen LogP contribution in [-0.2, 0) is 14.8 Å². The van der Waals surface area contributed by atoms with Crippen LogP contribution in [-0.4, -0.2) is 26.1 Å². The van der Waals surface area contributed by atoms with Gasteiger partial charge in [0.05, 0.1) is 4.90 Å². The average Bonchev–Trinajstić information content (AvgIpc) is 2.53. The van der Waals surface area contributed by atoms with Gasteiger partial charge in [-0.05, 0) is 23.3 Å². The zero-order valence-corrected chi connectivity index (χ0v) is 13.3. The Morgan fingerprint density at radius 1 is 1.05 bits per heavy atom. The lowest BCUT2D eigenvalue weighted by molar-refractivity contribution is -0.119. The van der Waals surface area contributed by atoms with Crippen molar-refractivity contribution >= 4 is 28.6 Å². The Balaban J connectivity index is 2.24. The van der Waals surface area contributed by atoms with E-state index in [2.05, 4.69) is 17.4 Å². The molecule has 0 bridgehead atoms. The summed E-state index contributed by atoms with van der Waals surface area (Å²) in [6, 6.07) is 15.0. The maximum Gasteiger partial charge on any atom is 0.241 e. The molecule has 2 aromatic rings. The van der Waals surface area contributed by atoms with E-state index in [9.17, 15) is 13.2 Å². The number of primary amides is 1. The van der Waals surface area contributed by atoms with E-state index in [-0.39, 0.29) is 10.6 Å². The second-order valence-electron chi connectivity index (χ2n) is 4.65. The van der Waals surface area contributed by atoms with E-state index in [1.807, 2.05) is 30.3 Å². The van der Waals surface area contributed by atoms with Crippen LogP contribution in [0.25, 0.3) is 11.1 Å². The van der Waals surface area contributed by atoms with Crippen LogP contribution in [0.3, 0.4) is 0 Å². The first-order chi connectivity index (χ1) is 10.4. The van der Waals surface area contributed by atoms with E-state index in [1.165, 1.54) is 12.1 Å². The SMILES string of the molecule is NC(=O)C(CS)NS(=O)(=O)c1ccc(-c2ccccc2)cc1. The normalized spacial score (nSPS) is 12.8. The molecule has 2 rings (SSSR count). The molecule has 3 N–H and O–H groups in total. The first-order valence-electron chi connectivity index (χ1n) is 6.52. The van der Waals surface area contributed by atoms with Crippen molar-refractivity contribution in [2.75, 3.05) is 5.75 Å². The van der Waals surface area contributed by atoms with Crippen molar-refractivity contribution in [1.29, 1.82) is 0 Å². The average molecular weight is 336 g/mol. The van der Waals surface area contributed by atoms with E-state index in [4.69, 9.17) is 5.73 Å². The first-order valence-corrected chi connectivity index (χ1v) is 8.63. The largest absolute Gasteiger partial charge is 0.368 e. The van der Waals surface area contributed by atoms with Gasteiger partial charge < -0.3 is 5.73 Å². The fraction of sp³-hybridized carbons (Fsp3) is 0.133. The number of benzene rings is 2. The fourth-order valence-corrected chi connectivity index (χ4v) is 3.50. The summed E-state index contributed by atoms with van der Waals surface area (Å²) in [4.78, 5) is 11.2. The molecule has 116 valence electrons. The summed E-state index contributed by atoms with van der Waals surface area (Å²) in [7, 11) is -3.82. The molecule has 0 saturated carbocycles. The molecule has 0 radical (unpaired) electrons. The summed E-state index contributed by atoms with van der Waals surface area (Å²) in [5.74, 6) is -0.768. The van der Waals surface area contributed by atoms with Gasteiger partial charge in [-0.2, -0.15) is 17.4 Å². The minimum Gasteiger partial charge on any atom is -0.368 e. The molecule has 22 heavy (non-hydrogen) atoms. The van der Waals surface area contributed by atoms with Gasteiger partial charge in [0.25, 0.3) is 0 Å². The molecule has 0 fully saturated rings. The fourth-order valence-electron chi connectivity index (χ4n) is 1.90. The van der Waals surface area contributed by atoms with Crippen molar-refractivity contribution in [2.24, 2.45) is 5.73 Å². The van der Waals surface area contributed by atoms with E-state index < -0.39 is 22.0 Å². The standard InChI is InChI=1S/C15H16N2O3S2/c16-15(18)14(10-21)17-22(19,20)13-8-6-12(7-9-13)11-4-2-1-3-5-11/h1-9,14,17,21H,10H2,(H2,16,18). The van der Waals surface area contributed by atoms with Crippen molar-refractivity contribution in [3.8, 4) is 11.1 Å². The molecule has 0 aliphatic heterocycles. The molecule has 0 aliphatic rings. The van der Waals surface area contributed by atoms with Crippen molar-refractivity contribution in [3.05, 3.63) is 54.6 Å². The van der Waals surface area contributed by atoms with Gasteiger partial charge in [0.15, 0.2) is 0 Å². The number of carbonyl (C=O) groups is 1. The van der Waals surface area contributed by atoms with Crippen molar-refractivity contribution in [3.63, 3.8) is 0 Å². The van der Waals surface area contributed by atoms with Crippen LogP contribution in [0, 0.1) is 0 Å². The smallest absolute Gasteiger partial charge is 0.241 e. The Labute approximate surface area is 135 Å². The molecule has 1 unspecified atom stereocenters. The maximum atomic E-state index is 12.2. The lowest BCUT2D eigenvalue weighted by Gasteiger charge is -2.13. The van der Waals surface area contributed by atoms with Crippen molar-refractivity contribution < 1.29 is 13.2 Å². The quantitative estimate of drug-likeness (QED) is 0.697. The lowest BCUT2D eigenvalue weighted by Crippen LogP contribution is -2.45. The molecule has 0 saturated heterocycles. The summed E-state index contributed by atoms with van der Waals surface area (Å²) in [5, 5.41) is 0. The molecular formula is C15H16N2O3S2. The van der Waals surface area contributed by atoms with Crippen LogP contribution in [0.1, 0.15) is 0 Å². The highest BCUT2D eigenvalue weighted by atomic mass is 32.2. The van der Waals surface area contributed by atoms with E-state index in [0.717, 1.165) is 11.1 Å². The van der Waals surface area contributed by atoms with Crippen LogP contribution in [0.4, 0.5) is 0 Å². The zero-order chi connectivity index (χ0) is 16.2. The summed E-state index contributed by atoms with van der Waals surface area (Å²) in [5.41, 5.74) is 7.01. The van der Waals surface area contributed by atoms with Gasteiger partial charge in [-0.3, -0.25) is 4.79 Å². The highest BCUT2D eigenvalue weighted by Crippen LogP contribution is 2.21. The summed E-state index contributed by atoms with van der Waals surface area (Å²) in [6.07, 6.45) is 0. The molecular weight excluding hydrogens is 320 g/mol. The third-order valence-electron chi connectivity index (χ3n) is 3.10. The van der Waals surface area contributed by atoms with Gasteiger partial charge >= 0.3 is 0 Å². The molecule has 0 spiro atoms. The minimum absolute atomic E-state index is 0.00331. The second kappa shape index (κ2) is 6.95. The number of sulfonamides is 1. The number of nitrogens with two attached hydrogens (primary N) is 1. The number of hydrogen-bond donors (Lipinski definition) is 3. The number of hydrogen-bond acceptors (Lipinski definition) is 4. The molecule has 1 atom stereocenters. The highest BCUT2D eigenvalue weighted by Gasteiger charge is 2.22. The monoisotopic (exact) mass is 336 g/mol. The van der Waals surface area contributed by atoms with Gasteiger partial charge in [-0.15, -0.1) is 0 Å². The minimum atomic E-state index is -3.82. The number of carbonyl (C=O) groups excluding carboxylic acids is 1. The van der Waals surface area contributed by atoms with Gasteiger partial charge in [0.1, 0.15) is 6.04 Å². The van der Waals surface area contributed by atoms with Crippen LogP contribution >= 0.6 is 12.6 Å². The van der Waals surface area contributed by atoms with Crippen LogP contribution in [0.5, 0.6) is 0 Å². The summed E-state index contributed by atoms with van der Waals surface area (Å²) < 4.78 is 26.6. The number of rotatable bonds is 6. The topological polar surface area (TPSA) is 89.3 Å². The molecule has 2 aromatic carbocycles. The third kappa shape index (κ3) is 3.88. The Kier molecular flexibility index (Phi) is 5.23. The van der Waals surface area contributed by atoms with E-state index in [0.29, 0.717) is 0 Å². The third-order valence-corrected chi connectivity index (χ3v) is 4.95. The van der Waals surface area contributed by atoms with Gasteiger partial charge in [-0.25, -0.2) is 8.42 Å². The molecule has 5 nitrogen and oxygen atoms in total. The van der Waals surface area contributed by atoms with E-state index in [1.54, 1.807) is 12.1 Å². The Morgan fingerprint density at radius 3 is 2.09 bits per heavy atom. The van der Waals surface area contributed by atoms with Crippen LogP contribution in [0.2, 0.25) is 0 Å². The zero-order valence-electron chi connectivity index (χ0n) is 11.6. The van der Waals surface area contributed by atoms with Gasteiger partial charge in [0.2, 0.25) is 15.9 Å². The number of nitrogens with one attached hydrogen (secondary N) is 1. The molecule has 0 aromatic heterocycles. The molecule has 1 amide bonds. The highest BCUT2D eigenvalue weighted by molar-refractivity contribution is 7.89. The van der Waals surface area contributed by atoms with Crippen molar-refractivity contribution in [1.82, 2.24) is 4.72 Å². The van der Waals surface area contributed by atoms with Gasteiger partial charge in [0, 0.05) is 5.75 Å². The Hall–Kier alpha value is -1.83. The summed E-state index contributed by atoms with van der Waals surface area (Å²) >= 11 is 3.92.